The summed E-state index contributed by atoms with van der Waals surface area (Å²) in [5.74, 6) is 0.807. The van der Waals surface area contributed by atoms with Crippen LogP contribution in [0.2, 0.25) is 0 Å². The lowest BCUT2D eigenvalue weighted by molar-refractivity contribution is -0.161. The molecule has 19 heteroatoms. The SMILES string of the molecule is CCC(C)CCCCCCCCCCCCC(=O)OC[C@H](COP(=O)(O)OC[C@@H](O)COP(=O)(O)OC[C@@H](COC(=O)CCCCCCCCC(C)C)OC(=O)CCCCCCCCCCCC(C)C)OC(=O)CCCCCCCCCCC(C)C. The molecule has 0 fully saturated rings. The summed E-state index contributed by atoms with van der Waals surface area (Å²) in [5, 5.41) is 10.6. The van der Waals surface area contributed by atoms with Crippen LogP contribution in [0.1, 0.15) is 325 Å². The molecule has 0 radical (unpaired) electrons. The van der Waals surface area contributed by atoms with E-state index in [2.05, 4.69) is 55.4 Å². The first-order valence-corrected chi connectivity index (χ1v) is 37.7. The molecule has 0 spiro atoms. The minimum Gasteiger partial charge on any atom is -0.462 e. The Morgan fingerprint density at radius 1 is 0.326 bits per heavy atom. The number of rotatable bonds is 64. The maximum absolute atomic E-state index is 13.0. The van der Waals surface area contributed by atoms with Crippen LogP contribution in [-0.4, -0.2) is 96.7 Å². The topological polar surface area (TPSA) is 237 Å². The van der Waals surface area contributed by atoms with Gasteiger partial charge in [-0.05, 0) is 49.4 Å². The van der Waals surface area contributed by atoms with Gasteiger partial charge in [-0.25, -0.2) is 9.13 Å². The number of aliphatic hydroxyl groups is 1. The summed E-state index contributed by atoms with van der Waals surface area (Å²) in [6.45, 7) is 14.0. The van der Waals surface area contributed by atoms with Crippen LogP contribution in [0, 0.1) is 23.7 Å². The molecule has 0 rings (SSSR count). The van der Waals surface area contributed by atoms with E-state index in [4.69, 9.17) is 37.0 Å². The van der Waals surface area contributed by atoms with Crippen molar-refractivity contribution < 1.29 is 80.2 Å². The zero-order valence-corrected chi connectivity index (χ0v) is 57.7. The van der Waals surface area contributed by atoms with E-state index in [-0.39, 0.29) is 25.7 Å². The number of hydrogen-bond acceptors (Lipinski definition) is 15. The van der Waals surface area contributed by atoms with Crippen LogP contribution in [0.3, 0.4) is 0 Å². The van der Waals surface area contributed by atoms with Crippen LogP contribution >= 0.6 is 15.6 Å². The number of unbranched alkanes of at least 4 members (excludes halogenated alkanes) is 29. The third-order valence-electron chi connectivity index (χ3n) is 15.7. The molecule has 0 aromatic heterocycles. The van der Waals surface area contributed by atoms with Crippen molar-refractivity contribution >= 4 is 39.5 Å². The van der Waals surface area contributed by atoms with Crippen molar-refractivity contribution in [1.29, 1.82) is 0 Å². The van der Waals surface area contributed by atoms with Gasteiger partial charge in [0.1, 0.15) is 19.3 Å². The summed E-state index contributed by atoms with van der Waals surface area (Å²) >= 11 is 0. The number of hydrogen-bond donors (Lipinski definition) is 3. The van der Waals surface area contributed by atoms with Gasteiger partial charge in [-0.15, -0.1) is 0 Å². The summed E-state index contributed by atoms with van der Waals surface area (Å²) in [4.78, 5) is 72.3. The van der Waals surface area contributed by atoms with E-state index in [0.29, 0.717) is 31.6 Å². The molecule has 0 saturated carbocycles. The van der Waals surface area contributed by atoms with Gasteiger partial charge in [0, 0.05) is 25.7 Å². The van der Waals surface area contributed by atoms with Gasteiger partial charge in [0.25, 0.3) is 0 Å². The van der Waals surface area contributed by atoms with Crippen molar-refractivity contribution in [2.75, 3.05) is 39.6 Å². The van der Waals surface area contributed by atoms with Gasteiger partial charge in [-0.3, -0.25) is 37.3 Å². The van der Waals surface area contributed by atoms with Crippen molar-refractivity contribution in [3.8, 4) is 0 Å². The van der Waals surface area contributed by atoms with Crippen LogP contribution in [-0.2, 0) is 65.4 Å². The zero-order chi connectivity index (χ0) is 63.9. The Balaban J connectivity index is 5.25. The fourth-order valence-corrected chi connectivity index (χ4v) is 11.5. The first kappa shape index (κ1) is 84.1. The van der Waals surface area contributed by atoms with Crippen molar-refractivity contribution in [3.05, 3.63) is 0 Å². The lowest BCUT2D eigenvalue weighted by Crippen LogP contribution is -2.30. The van der Waals surface area contributed by atoms with E-state index < -0.39 is 97.5 Å². The van der Waals surface area contributed by atoms with E-state index in [9.17, 15) is 43.2 Å². The Bertz CT molecular complexity index is 1720. The van der Waals surface area contributed by atoms with Gasteiger partial charge in [-0.1, -0.05) is 274 Å². The second-order valence-corrected chi connectivity index (χ2v) is 28.8. The maximum Gasteiger partial charge on any atom is 0.472 e. The second-order valence-electron chi connectivity index (χ2n) is 25.9. The Morgan fingerprint density at radius 2 is 0.558 bits per heavy atom. The second kappa shape index (κ2) is 57.0. The number of carbonyl (C=O) groups is 4. The molecular weight excluding hydrogens is 1140 g/mol. The summed E-state index contributed by atoms with van der Waals surface area (Å²) in [5.41, 5.74) is 0. The molecule has 86 heavy (non-hydrogen) atoms. The molecule has 510 valence electrons. The van der Waals surface area contributed by atoms with Crippen LogP contribution in [0.15, 0.2) is 0 Å². The Labute approximate surface area is 524 Å². The van der Waals surface area contributed by atoms with Gasteiger partial charge in [0.15, 0.2) is 12.2 Å². The smallest absolute Gasteiger partial charge is 0.462 e. The summed E-state index contributed by atoms with van der Waals surface area (Å²) in [7, 11) is -9.90. The molecule has 0 aliphatic rings. The fraction of sp³-hybridized carbons (Fsp3) is 0.940. The zero-order valence-electron chi connectivity index (χ0n) is 55.9. The van der Waals surface area contributed by atoms with E-state index in [1.54, 1.807) is 0 Å². The van der Waals surface area contributed by atoms with Gasteiger partial charge >= 0.3 is 39.5 Å². The first-order valence-electron chi connectivity index (χ1n) is 34.7. The van der Waals surface area contributed by atoms with Gasteiger partial charge < -0.3 is 33.8 Å². The van der Waals surface area contributed by atoms with E-state index >= 15 is 0 Å². The first-order chi connectivity index (χ1) is 41.1. The van der Waals surface area contributed by atoms with E-state index in [1.165, 1.54) is 122 Å². The molecule has 6 atom stereocenters. The molecule has 0 aliphatic carbocycles. The van der Waals surface area contributed by atoms with Crippen molar-refractivity contribution in [2.24, 2.45) is 23.7 Å². The van der Waals surface area contributed by atoms with Crippen molar-refractivity contribution in [1.82, 2.24) is 0 Å². The van der Waals surface area contributed by atoms with Gasteiger partial charge in [-0.2, -0.15) is 0 Å². The molecule has 0 saturated heterocycles. The molecule has 0 aromatic carbocycles. The fourth-order valence-electron chi connectivity index (χ4n) is 9.93. The highest BCUT2D eigenvalue weighted by molar-refractivity contribution is 7.47. The number of phosphoric acid groups is 2. The predicted molar refractivity (Wildman–Crippen MR) is 344 cm³/mol. The molecule has 0 heterocycles. The molecule has 3 N–H and O–H groups in total. The van der Waals surface area contributed by atoms with Crippen LogP contribution < -0.4 is 0 Å². The number of aliphatic hydroxyl groups excluding tert-OH is 1. The molecule has 0 amide bonds. The van der Waals surface area contributed by atoms with Crippen LogP contribution in [0.4, 0.5) is 0 Å². The Kier molecular flexibility index (Phi) is 55.7. The Morgan fingerprint density at radius 3 is 0.826 bits per heavy atom. The molecular formula is C67H130O17P2. The monoisotopic (exact) mass is 1270 g/mol. The molecule has 0 aliphatic heterocycles. The van der Waals surface area contributed by atoms with E-state index in [0.717, 1.165) is 114 Å². The quantitative estimate of drug-likeness (QED) is 0.0222. The third kappa shape index (κ3) is 59.7. The number of phosphoric ester groups is 2. The molecule has 0 aromatic rings. The lowest BCUT2D eigenvalue weighted by atomic mass is 9.99. The van der Waals surface area contributed by atoms with Crippen molar-refractivity contribution in [3.63, 3.8) is 0 Å². The van der Waals surface area contributed by atoms with Crippen molar-refractivity contribution in [2.45, 2.75) is 343 Å². The minimum atomic E-state index is -4.95. The standard InChI is InChI=1S/C67H130O17P2/c1-9-60(8)46-38-30-21-14-10-11-15-22-31-39-47-64(69)77-53-62(84-67(72)50-42-34-24-18-17-20-28-36-44-58(4)5)55-81-85(73,74)79-51-61(68)52-80-86(75,76)82-56-63(54-78-65(70)48-40-32-26-25-29-37-45-59(6)7)83-66(71)49-41-33-23-16-12-13-19-27-35-43-57(2)3/h57-63,68H,9-56H2,1-8H3,(H,73,74)(H,75,76)/t60?,61-,62-,63-/m1/s1. The summed E-state index contributed by atoms with van der Waals surface area (Å²) < 4.78 is 68.1. The van der Waals surface area contributed by atoms with Crippen LogP contribution in [0.25, 0.3) is 0 Å². The summed E-state index contributed by atoms with van der Waals surface area (Å²) in [6, 6.07) is 0. The molecule has 3 unspecified atom stereocenters. The highest BCUT2D eigenvalue weighted by atomic mass is 31.2. The van der Waals surface area contributed by atoms with E-state index in [1.807, 2.05) is 0 Å². The molecule has 0 bridgehead atoms. The van der Waals surface area contributed by atoms with Crippen LogP contribution in [0.5, 0.6) is 0 Å². The molecule has 17 nitrogen and oxygen atoms in total. The summed E-state index contributed by atoms with van der Waals surface area (Å²) in [6.07, 6.45) is 37.7. The number of esters is 4. The lowest BCUT2D eigenvalue weighted by Gasteiger charge is -2.21. The normalized spacial score (nSPS) is 14.7. The number of carbonyl (C=O) groups excluding carboxylic acids is 4. The predicted octanol–water partition coefficient (Wildman–Crippen LogP) is 18.5. The highest BCUT2D eigenvalue weighted by Crippen LogP contribution is 2.45. The maximum atomic E-state index is 13.0. The van der Waals surface area contributed by atoms with Gasteiger partial charge in [0.05, 0.1) is 26.4 Å². The number of ether oxygens (including phenoxy) is 4. The average Bonchev–Trinajstić information content (AvgIpc) is 3.61. The average molecular weight is 1270 g/mol. The largest absolute Gasteiger partial charge is 0.472 e. The Hall–Kier alpha value is -1.94. The highest BCUT2D eigenvalue weighted by Gasteiger charge is 2.30. The third-order valence-corrected chi connectivity index (χ3v) is 17.6. The van der Waals surface area contributed by atoms with Gasteiger partial charge in [0.2, 0.25) is 0 Å². The minimum absolute atomic E-state index is 0.103.